The van der Waals surface area contributed by atoms with Gasteiger partial charge >= 0.3 is 5.97 Å². The summed E-state index contributed by atoms with van der Waals surface area (Å²) in [6, 6.07) is 0. The predicted octanol–water partition coefficient (Wildman–Crippen LogP) is 2.80. The Hall–Kier alpha value is -0.0500. The van der Waals surface area contributed by atoms with Crippen LogP contribution in [0.2, 0.25) is 0 Å². The lowest BCUT2D eigenvalue weighted by Gasteiger charge is -2.00. The maximum Gasteiger partial charge on any atom is 0.303 e. The zero-order chi connectivity index (χ0) is 8.69. The second-order valence-electron chi connectivity index (χ2n) is 2.77. The van der Waals surface area contributed by atoms with Crippen LogP contribution < -0.4 is 0 Å². The predicted molar refractivity (Wildman–Crippen MR) is 49.1 cm³/mol. The number of unbranched alkanes of at least 4 members (excludes halogenated alkanes) is 2. The summed E-state index contributed by atoms with van der Waals surface area (Å²) in [6.45, 7) is 2.11. The molecule has 0 spiro atoms. The van der Waals surface area contributed by atoms with Crippen LogP contribution in [0, 0.1) is 0 Å². The first kappa shape index (κ1) is 11.0. The van der Waals surface area contributed by atoms with E-state index in [9.17, 15) is 4.79 Å². The number of aliphatic carboxylic acids is 1. The molecule has 0 saturated heterocycles. The molecular weight excluding hydrogens is 208 g/mol. The van der Waals surface area contributed by atoms with Gasteiger partial charge in [-0.25, -0.2) is 0 Å². The van der Waals surface area contributed by atoms with Crippen molar-refractivity contribution in [2.75, 3.05) is 0 Å². The van der Waals surface area contributed by atoms with E-state index in [0.717, 1.165) is 25.7 Å². The highest BCUT2D eigenvalue weighted by atomic mass is 79.9. The van der Waals surface area contributed by atoms with E-state index in [1.807, 2.05) is 0 Å². The van der Waals surface area contributed by atoms with E-state index in [-0.39, 0.29) is 0 Å². The molecule has 0 rings (SSSR count). The van der Waals surface area contributed by atoms with Crippen LogP contribution in [0.5, 0.6) is 0 Å². The Kier molecular flexibility index (Phi) is 6.62. The van der Waals surface area contributed by atoms with Gasteiger partial charge in [-0.1, -0.05) is 35.7 Å². The van der Waals surface area contributed by atoms with Crippen molar-refractivity contribution in [3.05, 3.63) is 0 Å². The zero-order valence-corrected chi connectivity index (χ0v) is 8.43. The SMILES string of the molecule is CC(Br)CCCCCC(=O)O. The second kappa shape index (κ2) is 6.65. The maximum atomic E-state index is 10.1. The largest absolute Gasteiger partial charge is 0.481 e. The van der Waals surface area contributed by atoms with Crippen LogP contribution in [0.4, 0.5) is 0 Å². The van der Waals surface area contributed by atoms with Crippen molar-refractivity contribution < 1.29 is 9.90 Å². The van der Waals surface area contributed by atoms with Crippen molar-refractivity contribution in [2.45, 2.75) is 43.9 Å². The van der Waals surface area contributed by atoms with Crippen LogP contribution in [0.1, 0.15) is 39.0 Å². The van der Waals surface area contributed by atoms with Crippen molar-refractivity contribution >= 4 is 21.9 Å². The summed E-state index contributed by atoms with van der Waals surface area (Å²) in [4.78, 5) is 10.6. The van der Waals surface area contributed by atoms with Crippen LogP contribution in [0.3, 0.4) is 0 Å². The van der Waals surface area contributed by atoms with Gasteiger partial charge in [-0.15, -0.1) is 0 Å². The Bertz CT molecular complexity index is 113. The van der Waals surface area contributed by atoms with Crippen LogP contribution in [-0.2, 0) is 4.79 Å². The van der Waals surface area contributed by atoms with E-state index in [2.05, 4.69) is 22.9 Å². The molecule has 0 fully saturated rings. The molecule has 66 valence electrons. The quantitative estimate of drug-likeness (QED) is 0.555. The summed E-state index contributed by atoms with van der Waals surface area (Å²) in [5.74, 6) is -0.683. The van der Waals surface area contributed by atoms with E-state index in [0.29, 0.717) is 11.2 Å². The van der Waals surface area contributed by atoms with E-state index < -0.39 is 5.97 Å². The van der Waals surface area contributed by atoms with Crippen LogP contribution in [-0.4, -0.2) is 15.9 Å². The minimum Gasteiger partial charge on any atom is -0.481 e. The third kappa shape index (κ3) is 9.95. The van der Waals surface area contributed by atoms with E-state index >= 15 is 0 Å². The second-order valence-corrected chi connectivity index (χ2v) is 4.34. The van der Waals surface area contributed by atoms with Gasteiger partial charge in [0.1, 0.15) is 0 Å². The van der Waals surface area contributed by atoms with Gasteiger partial charge < -0.3 is 5.11 Å². The molecule has 0 amide bonds. The molecule has 1 N–H and O–H groups in total. The van der Waals surface area contributed by atoms with Gasteiger partial charge in [-0.05, 0) is 12.8 Å². The topological polar surface area (TPSA) is 37.3 Å². The van der Waals surface area contributed by atoms with Crippen molar-refractivity contribution in [1.82, 2.24) is 0 Å². The molecule has 0 bridgehead atoms. The molecule has 0 saturated carbocycles. The van der Waals surface area contributed by atoms with E-state index in [1.54, 1.807) is 0 Å². The monoisotopic (exact) mass is 222 g/mol. The molecule has 1 unspecified atom stereocenters. The highest BCUT2D eigenvalue weighted by Gasteiger charge is 1.98. The van der Waals surface area contributed by atoms with Gasteiger partial charge in [-0.2, -0.15) is 0 Å². The zero-order valence-electron chi connectivity index (χ0n) is 6.85. The number of alkyl halides is 1. The lowest BCUT2D eigenvalue weighted by molar-refractivity contribution is -0.137. The van der Waals surface area contributed by atoms with Crippen molar-refractivity contribution in [2.24, 2.45) is 0 Å². The normalized spacial score (nSPS) is 12.9. The van der Waals surface area contributed by atoms with Crippen LogP contribution >= 0.6 is 15.9 Å². The standard InChI is InChI=1S/C8H15BrO2/c1-7(9)5-3-2-4-6-8(10)11/h7H,2-6H2,1H3,(H,10,11). The summed E-state index contributed by atoms with van der Waals surface area (Å²) >= 11 is 3.44. The number of hydrogen-bond donors (Lipinski definition) is 1. The summed E-state index contributed by atoms with van der Waals surface area (Å²) < 4.78 is 0. The third-order valence-electron chi connectivity index (χ3n) is 1.49. The highest BCUT2D eigenvalue weighted by Crippen LogP contribution is 2.10. The molecule has 0 aromatic carbocycles. The van der Waals surface area contributed by atoms with Crippen molar-refractivity contribution in [3.63, 3.8) is 0 Å². The first-order valence-corrected chi connectivity index (χ1v) is 4.90. The van der Waals surface area contributed by atoms with Gasteiger partial charge in [0.15, 0.2) is 0 Å². The Morgan fingerprint density at radius 1 is 1.45 bits per heavy atom. The number of carbonyl (C=O) groups is 1. The molecule has 0 aromatic heterocycles. The lowest BCUT2D eigenvalue weighted by Crippen LogP contribution is -1.94. The maximum absolute atomic E-state index is 10.1. The molecule has 0 aromatic rings. The molecule has 3 heteroatoms. The average molecular weight is 223 g/mol. The smallest absolute Gasteiger partial charge is 0.303 e. The third-order valence-corrected chi connectivity index (χ3v) is 1.95. The summed E-state index contributed by atoms with van der Waals surface area (Å²) in [5.41, 5.74) is 0. The first-order chi connectivity index (χ1) is 5.13. The molecule has 2 nitrogen and oxygen atoms in total. The van der Waals surface area contributed by atoms with Gasteiger partial charge in [0.25, 0.3) is 0 Å². The first-order valence-electron chi connectivity index (χ1n) is 3.99. The Labute approximate surface area is 76.1 Å². The molecular formula is C8H15BrO2. The van der Waals surface area contributed by atoms with Crippen molar-refractivity contribution in [3.8, 4) is 0 Å². The Morgan fingerprint density at radius 3 is 2.55 bits per heavy atom. The molecule has 0 aliphatic carbocycles. The minimum atomic E-state index is -0.683. The van der Waals surface area contributed by atoms with Crippen LogP contribution in [0.15, 0.2) is 0 Å². The summed E-state index contributed by atoms with van der Waals surface area (Å²) in [7, 11) is 0. The fraction of sp³-hybridized carbons (Fsp3) is 0.875. The number of halogens is 1. The van der Waals surface area contributed by atoms with Gasteiger partial charge in [0.05, 0.1) is 0 Å². The number of hydrogen-bond acceptors (Lipinski definition) is 1. The molecule has 0 heterocycles. The van der Waals surface area contributed by atoms with Gasteiger partial charge in [0.2, 0.25) is 0 Å². The minimum absolute atomic E-state index is 0.316. The Balaban J connectivity index is 2.97. The summed E-state index contributed by atoms with van der Waals surface area (Å²) in [5, 5.41) is 8.31. The fourth-order valence-electron chi connectivity index (χ4n) is 0.879. The fourth-order valence-corrected chi connectivity index (χ4v) is 1.20. The Morgan fingerprint density at radius 2 is 2.09 bits per heavy atom. The molecule has 11 heavy (non-hydrogen) atoms. The van der Waals surface area contributed by atoms with Gasteiger partial charge in [0, 0.05) is 11.2 Å². The van der Waals surface area contributed by atoms with Crippen LogP contribution in [0.25, 0.3) is 0 Å². The number of carboxylic acids is 1. The number of rotatable bonds is 6. The van der Waals surface area contributed by atoms with Crippen molar-refractivity contribution in [1.29, 1.82) is 0 Å². The average Bonchev–Trinajstić information content (AvgIpc) is 1.85. The molecule has 0 radical (unpaired) electrons. The number of carboxylic acid groups (broad SMARTS) is 1. The summed E-state index contributed by atoms with van der Waals surface area (Å²) in [6.07, 6.45) is 4.42. The van der Waals surface area contributed by atoms with E-state index in [4.69, 9.17) is 5.11 Å². The molecule has 1 atom stereocenters. The van der Waals surface area contributed by atoms with Gasteiger partial charge in [-0.3, -0.25) is 4.79 Å². The molecule has 0 aliphatic heterocycles. The lowest BCUT2D eigenvalue weighted by atomic mass is 10.1. The highest BCUT2D eigenvalue weighted by molar-refractivity contribution is 9.09. The molecule has 0 aliphatic rings. The van der Waals surface area contributed by atoms with E-state index in [1.165, 1.54) is 0 Å².